The van der Waals surface area contributed by atoms with E-state index in [1.807, 2.05) is 0 Å². The molecule has 2 rings (SSSR count). The predicted molar refractivity (Wildman–Crippen MR) is 80.3 cm³/mol. The Bertz CT molecular complexity index is 518. The molecule has 0 radical (unpaired) electrons. The quantitative estimate of drug-likeness (QED) is 0.760. The highest BCUT2D eigenvalue weighted by Gasteiger charge is 2.35. The fraction of sp³-hybridized carbons (Fsp3) is 0.562. The van der Waals surface area contributed by atoms with Crippen LogP contribution >= 0.6 is 11.6 Å². The molecule has 0 aliphatic heterocycles. The van der Waals surface area contributed by atoms with Crippen molar-refractivity contribution in [2.24, 2.45) is 0 Å². The Labute approximate surface area is 129 Å². The van der Waals surface area contributed by atoms with Crippen molar-refractivity contribution >= 4 is 17.4 Å². The fourth-order valence-corrected chi connectivity index (χ4v) is 3.44. The first kappa shape index (κ1) is 16.4. The normalized spacial score (nSPS) is 17.4. The molecule has 1 aromatic rings. The zero-order valence-electron chi connectivity index (χ0n) is 12.4. The maximum absolute atomic E-state index is 14.4. The first-order valence-electron chi connectivity index (χ1n) is 7.17. The highest BCUT2D eigenvalue weighted by Crippen LogP contribution is 2.34. The van der Waals surface area contributed by atoms with Crippen molar-refractivity contribution in [2.45, 2.75) is 38.3 Å². The van der Waals surface area contributed by atoms with Gasteiger partial charge < -0.3 is 0 Å². The summed E-state index contributed by atoms with van der Waals surface area (Å²) in [5.74, 6) is -0.669. The van der Waals surface area contributed by atoms with Gasteiger partial charge in [0.25, 0.3) is 0 Å². The molecule has 21 heavy (non-hydrogen) atoms. The molecule has 0 unspecified atom stereocenters. The maximum atomic E-state index is 14.4. The third-order valence-electron chi connectivity index (χ3n) is 4.00. The third-order valence-corrected chi connectivity index (χ3v) is 4.30. The molecular formula is C16H20ClF2NO. The van der Waals surface area contributed by atoms with Crippen LogP contribution in [0.1, 0.15) is 41.6 Å². The van der Waals surface area contributed by atoms with Crippen molar-refractivity contribution in [1.29, 1.82) is 0 Å². The number of hydrogen-bond acceptors (Lipinski definition) is 2. The summed E-state index contributed by atoms with van der Waals surface area (Å²) in [6.45, 7) is 1.98. The molecule has 1 aliphatic carbocycles. The van der Waals surface area contributed by atoms with Crippen molar-refractivity contribution in [3.05, 3.63) is 34.1 Å². The minimum Gasteiger partial charge on any atom is -0.296 e. The maximum Gasteiger partial charge on any atom is 0.178 e. The topological polar surface area (TPSA) is 20.3 Å². The molecule has 0 aromatic heterocycles. The number of ketones is 1. The molecular weight excluding hydrogens is 296 g/mol. The van der Waals surface area contributed by atoms with E-state index in [0.717, 1.165) is 18.9 Å². The van der Waals surface area contributed by atoms with Gasteiger partial charge in [0.2, 0.25) is 0 Å². The number of benzene rings is 1. The average molecular weight is 316 g/mol. The Morgan fingerprint density at radius 1 is 1.38 bits per heavy atom. The van der Waals surface area contributed by atoms with Crippen molar-refractivity contribution < 1.29 is 13.6 Å². The minimum absolute atomic E-state index is 0.0812. The van der Waals surface area contributed by atoms with Crippen LogP contribution in [0.3, 0.4) is 0 Å². The Kier molecular flexibility index (Phi) is 4.99. The number of alkyl halides is 1. The monoisotopic (exact) mass is 315 g/mol. The van der Waals surface area contributed by atoms with Gasteiger partial charge in [-0.05, 0) is 44.5 Å². The summed E-state index contributed by atoms with van der Waals surface area (Å²) < 4.78 is 27.6. The smallest absolute Gasteiger partial charge is 0.178 e. The van der Waals surface area contributed by atoms with Crippen LogP contribution < -0.4 is 0 Å². The van der Waals surface area contributed by atoms with Crippen molar-refractivity contribution in [1.82, 2.24) is 4.90 Å². The molecule has 0 spiro atoms. The molecule has 0 heterocycles. The number of aryl methyl sites for hydroxylation is 1. The number of carbonyl (C=O) groups excluding carboxylic acids is 1. The van der Waals surface area contributed by atoms with Gasteiger partial charge >= 0.3 is 0 Å². The summed E-state index contributed by atoms with van der Waals surface area (Å²) in [4.78, 5) is 14.0. The zero-order valence-corrected chi connectivity index (χ0v) is 13.1. The number of hydrogen-bond donors (Lipinski definition) is 0. The summed E-state index contributed by atoms with van der Waals surface area (Å²) >= 11 is 5.96. The largest absolute Gasteiger partial charge is 0.296 e. The number of nitrogens with zero attached hydrogens (tertiary/aromatic N) is 1. The van der Waals surface area contributed by atoms with Crippen LogP contribution in [0.25, 0.3) is 0 Å². The lowest BCUT2D eigenvalue weighted by molar-refractivity contribution is 0.0845. The minimum atomic E-state index is -1.18. The fourth-order valence-electron chi connectivity index (χ4n) is 3.09. The van der Waals surface area contributed by atoms with Crippen LogP contribution in [0, 0.1) is 12.7 Å². The second-order valence-electron chi connectivity index (χ2n) is 6.03. The molecule has 1 saturated carbocycles. The van der Waals surface area contributed by atoms with Gasteiger partial charge in [-0.25, -0.2) is 8.78 Å². The van der Waals surface area contributed by atoms with Gasteiger partial charge in [-0.15, -0.1) is 0 Å². The summed E-state index contributed by atoms with van der Waals surface area (Å²) in [6.07, 6.45) is 2.92. The summed E-state index contributed by atoms with van der Waals surface area (Å²) in [5, 5.41) is 0.113. The van der Waals surface area contributed by atoms with E-state index in [4.69, 9.17) is 11.6 Å². The average Bonchev–Trinajstić information content (AvgIpc) is 2.73. The Hall–Kier alpha value is -1.00. The van der Waals surface area contributed by atoms with E-state index < -0.39 is 11.5 Å². The summed E-state index contributed by atoms with van der Waals surface area (Å²) in [6, 6.07) is 2.42. The van der Waals surface area contributed by atoms with Gasteiger partial charge in [0.15, 0.2) is 5.78 Å². The van der Waals surface area contributed by atoms with E-state index in [9.17, 15) is 13.6 Å². The van der Waals surface area contributed by atoms with Gasteiger partial charge in [0.05, 0.1) is 11.6 Å². The van der Waals surface area contributed by atoms with Gasteiger partial charge in [0.1, 0.15) is 11.5 Å². The molecule has 1 aliphatic rings. The van der Waals surface area contributed by atoms with Crippen molar-refractivity contribution in [2.75, 3.05) is 20.1 Å². The van der Waals surface area contributed by atoms with Crippen molar-refractivity contribution in [3.8, 4) is 0 Å². The van der Waals surface area contributed by atoms with Crippen molar-refractivity contribution in [3.63, 3.8) is 0 Å². The van der Waals surface area contributed by atoms with Gasteiger partial charge in [-0.3, -0.25) is 9.69 Å². The van der Waals surface area contributed by atoms with E-state index in [0.29, 0.717) is 24.0 Å². The van der Waals surface area contributed by atoms with E-state index in [1.54, 1.807) is 18.9 Å². The van der Waals surface area contributed by atoms with Crippen LogP contribution in [0.5, 0.6) is 0 Å². The van der Waals surface area contributed by atoms with E-state index >= 15 is 0 Å². The summed E-state index contributed by atoms with van der Waals surface area (Å²) in [5.41, 5.74) is -0.352. The lowest BCUT2D eigenvalue weighted by atomic mass is 10.0. The molecule has 2 nitrogen and oxygen atoms in total. The van der Waals surface area contributed by atoms with Gasteiger partial charge in [-0.2, -0.15) is 0 Å². The lowest BCUT2D eigenvalue weighted by Gasteiger charge is -2.26. The molecule has 1 aromatic carbocycles. The van der Waals surface area contributed by atoms with Crippen LogP contribution in [-0.2, 0) is 0 Å². The second-order valence-corrected chi connectivity index (χ2v) is 6.44. The highest BCUT2D eigenvalue weighted by atomic mass is 35.5. The Morgan fingerprint density at radius 2 is 2.00 bits per heavy atom. The highest BCUT2D eigenvalue weighted by molar-refractivity contribution is 6.34. The number of rotatable bonds is 5. The molecule has 0 saturated heterocycles. The van der Waals surface area contributed by atoms with Gasteiger partial charge in [-0.1, -0.05) is 24.4 Å². The number of Topliss-reactive ketones (excluding diaryl/α,β-unsaturated/α-hetero) is 1. The molecule has 0 bridgehead atoms. The first-order valence-corrected chi connectivity index (χ1v) is 7.55. The third kappa shape index (κ3) is 4.01. The molecule has 0 atom stereocenters. The van der Waals surface area contributed by atoms with Gasteiger partial charge in [0, 0.05) is 12.1 Å². The first-order chi connectivity index (χ1) is 9.81. The number of likely N-dealkylation sites (N-methyl/N-ethyl adjacent to an activating group) is 1. The SMILES string of the molecule is Cc1cc(F)cc(Cl)c1C(=O)CN(C)CC1(F)CCCC1. The second kappa shape index (κ2) is 6.41. The zero-order chi connectivity index (χ0) is 15.6. The number of halogens is 3. The molecule has 0 N–H and O–H groups in total. The van der Waals surface area contributed by atoms with Crippen LogP contribution in [0.4, 0.5) is 8.78 Å². The molecule has 1 fully saturated rings. The van der Waals surface area contributed by atoms with Crippen LogP contribution in [-0.4, -0.2) is 36.5 Å². The van der Waals surface area contributed by atoms with Crippen LogP contribution in [0.2, 0.25) is 5.02 Å². The van der Waals surface area contributed by atoms with E-state index in [1.165, 1.54) is 6.07 Å². The number of carbonyl (C=O) groups is 1. The predicted octanol–water partition coefficient (Wildman–Crippen LogP) is 4.18. The van der Waals surface area contributed by atoms with Crippen LogP contribution in [0.15, 0.2) is 12.1 Å². The molecule has 116 valence electrons. The molecule has 5 heteroatoms. The standard InChI is InChI=1S/C16H20ClF2NO/c1-11-7-12(18)8-13(17)15(11)14(21)9-20(2)10-16(19)5-3-4-6-16/h7-8H,3-6,9-10H2,1-2H3. The summed E-state index contributed by atoms with van der Waals surface area (Å²) in [7, 11) is 1.73. The van der Waals surface area contributed by atoms with E-state index in [2.05, 4.69) is 0 Å². The lowest BCUT2D eigenvalue weighted by Crippen LogP contribution is -2.38. The Morgan fingerprint density at radius 3 is 2.57 bits per heavy atom. The molecule has 0 amide bonds. The Balaban J connectivity index is 2.04. The van der Waals surface area contributed by atoms with E-state index in [-0.39, 0.29) is 23.9 Å².